The molecule has 8 heteroatoms. The molecular formula is C18H16N8. The molecule has 0 radical (unpaired) electrons. The fourth-order valence-corrected chi connectivity index (χ4v) is 2.96. The summed E-state index contributed by atoms with van der Waals surface area (Å²) in [4.78, 5) is 22.1. The molecule has 0 spiro atoms. The highest BCUT2D eigenvalue weighted by molar-refractivity contribution is 5.77. The summed E-state index contributed by atoms with van der Waals surface area (Å²) in [6.07, 6.45) is 5.58. The van der Waals surface area contributed by atoms with Crippen LogP contribution in [0.25, 0.3) is 22.7 Å². The third-order valence-corrected chi connectivity index (χ3v) is 4.28. The lowest BCUT2D eigenvalue weighted by Crippen LogP contribution is -2.03. The SMILES string of the molecule is Nc1nccc(-c2nc3cnc(Nc4ccccc4)nc3n2C2CC2)n1. The monoisotopic (exact) mass is 344 g/mol. The van der Waals surface area contributed by atoms with Crippen molar-refractivity contribution in [2.45, 2.75) is 18.9 Å². The molecule has 0 amide bonds. The van der Waals surface area contributed by atoms with Crippen LogP contribution in [0.5, 0.6) is 0 Å². The van der Waals surface area contributed by atoms with Gasteiger partial charge in [0.15, 0.2) is 11.5 Å². The first kappa shape index (κ1) is 14.8. The second kappa shape index (κ2) is 5.76. The number of fused-ring (bicyclic) bond motifs is 1. The number of hydrogen-bond acceptors (Lipinski definition) is 7. The molecular weight excluding hydrogens is 328 g/mol. The fourth-order valence-electron chi connectivity index (χ4n) is 2.96. The molecule has 5 rings (SSSR count). The number of nitrogens with zero attached hydrogens (tertiary/aromatic N) is 6. The molecule has 8 nitrogen and oxygen atoms in total. The number of para-hydroxylation sites is 1. The Hall–Kier alpha value is -3.55. The topological polar surface area (TPSA) is 107 Å². The Bertz CT molecular complexity index is 1090. The van der Waals surface area contributed by atoms with E-state index in [1.807, 2.05) is 36.4 Å². The Morgan fingerprint density at radius 1 is 1.00 bits per heavy atom. The number of anilines is 3. The number of imidazole rings is 1. The van der Waals surface area contributed by atoms with Gasteiger partial charge in [0.05, 0.1) is 6.20 Å². The van der Waals surface area contributed by atoms with E-state index in [4.69, 9.17) is 15.7 Å². The summed E-state index contributed by atoms with van der Waals surface area (Å²) in [6, 6.07) is 12.0. The van der Waals surface area contributed by atoms with E-state index >= 15 is 0 Å². The average molecular weight is 344 g/mol. The van der Waals surface area contributed by atoms with Gasteiger partial charge in [-0.05, 0) is 31.0 Å². The van der Waals surface area contributed by atoms with Crippen molar-refractivity contribution in [3.05, 3.63) is 48.8 Å². The number of hydrogen-bond donors (Lipinski definition) is 2. The van der Waals surface area contributed by atoms with Crippen molar-refractivity contribution in [3.8, 4) is 11.5 Å². The summed E-state index contributed by atoms with van der Waals surface area (Å²) in [6.45, 7) is 0. The Morgan fingerprint density at radius 3 is 2.62 bits per heavy atom. The zero-order valence-corrected chi connectivity index (χ0v) is 13.9. The standard InChI is InChI=1S/C18H16N8/c19-17-20-9-8-13(24-17)15-23-14-10-21-18(22-11-4-2-1-3-5-11)25-16(14)26(15)12-6-7-12/h1-5,8-10,12H,6-7H2,(H2,19,20,24)(H,21,22,25). The van der Waals surface area contributed by atoms with Gasteiger partial charge in [0.25, 0.3) is 0 Å². The van der Waals surface area contributed by atoms with Crippen LogP contribution in [0.1, 0.15) is 18.9 Å². The van der Waals surface area contributed by atoms with Gasteiger partial charge in [-0.25, -0.2) is 19.9 Å². The van der Waals surface area contributed by atoms with Gasteiger partial charge in [0.1, 0.15) is 11.2 Å². The van der Waals surface area contributed by atoms with Gasteiger partial charge in [-0.15, -0.1) is 0 Å². The van der Waals surface area contributed by atoms with E-state index < -0.39 is 0 Å². The normalized spacial score (nSPS) is 13.8. The van der Waals surface area contributed by atoms with Gasteiger partial charge >= 0.3 is 0 Å². The first-order chi connectivity index (χ1) is 12.8. The summed E-state index contributed by atoms with van der Waals surface area (Å²) >= 11 is 0. The minimum absolute atomic E-state index is 0.231. The maximum absolute atomic E-state index is 5.74. The quantitative estimate of drug-likeness (QED) is 0.586. The predicted octanol–water partition coefficient (Wildman–Crippen LogP) is 2.94. The number of nitrogens with one attached hydrogen (secondary N) is 1. The van der Waals surface area contributed by atoms with Gasteiger partial charge in [0.2, 0.25) is 11.9 Å². The summed E-state index contributed by atoms with van der Waals surface area (Å²) in [5, 5.41) is 3.23. The van der Waals surface area contributed by atoms with Crippen molar-refractivity contribution >= 4 is 28.7 Å². The highest BCUT2D eigenvalue weighted by Crippen LogP contribution is 2.40. The van der Waals surface area contributed by atoms with E-state index in [-0.39, 0.29) is 5.95 Å². The van der Waals surface area contributed by atoms with Crippen molar-refractivity contribution in [1.29, 1.82) is 0 Å². The lowest BCUT2D eigenvalue weighted by Gasteiger charge is -2.08. The van der Waals surface area contributed by atoms with Crippen LogP contribution in [0, 0.1) is 0 Å². The minimum Gasteiger partial charge on any atom is -0.368 e. The average Bonchev–Trinajstić information content (AvgIpc) is 3.42. The lowest BCUT2D eigenvalue weighted by atomic mass is 10.3. The zero-order chi connectivity index (χ0) is 17.5. The Labute approximate surface area is 149 Å². The molecule has 0 aliphatic heterocycles. The number of benzene rings is 1. The van der Waals surface area contributed by atoms with Crippen LogP contribution in [-0.2, 0) is 0 Å². The molecule has 1 aromatic carbocycles. The van der Waals surface area contributed by atoms with E-state index in [1.165, 1.54) is 0 Å². The molecule has 1 fully saturated rings. The lowest BCUT2D eigenvalue weighted by molar-refractivity contribution is 0.763. The van der Waals surface area contributed by atoms with E-state index in [2.05, 4.69) is 24.8 Å². The molecule has 0 bridgehead atoms. The molecule has 26 heavy (non-hydrogen) atoms. The Morgan fingerprint density at radius 2 is 1.85 bits per heavy atom. The highest BCUT2D eigenvalue weighted by Gasteiger charge is 2.30. The third-order valence-electron chi connectivity index (χ3n) is 4.28. The van der Waals surface area contributed by atoms with Crippen molar-refractivity contribution in [2.75, 3.05) is 11.1 Å². The Balaban J connectivity index is 1.63. The van der Waals surface area contributed by atoms with E-state index in [1.54, 1.807) is 12.4 Å². The number of nitrogen functional groups attached to an aromatic ring is 1. The third kappa shape index (κ3) is 2.61. The molecule has 3 heterocycles. The summed E-state index contributed by atoms with van der Waals surface area (Å²) in [7, 11) is 0. The van der Waals surface area contributed by atoms with Gasteiger partial charge in [-0.1, -0.05) is 18.2 Å². The van der Waals surface area contributed by atoms with E-state index in [0.717, 1.165) is 35.5 Å². The zero-order valence-electron chi connectivity index (χ0n) is 13.9. The van der Waals surface area contributed by atoms with Crippen LogP contribution < -0.4 is 11.1 Å². The van der Waals surface area contributed by atoms with Crippen molar-refractivity contribution in [2.24, 2.45) is 0 Å². The van der Waals surface area contributed by atoms with Crippen LogP contribution >= 0.6 is 0 Å². The number of nitrogens with two attached hydrogens (primary N) is 1. The molecule has 1 aliphatic rings. The highest BCUT2D eigenvalue weighted by atomic mass is 15.2. The van der Waals surface area contributed by atoms with Crippen LogP contribution in [0.15, 0.2) is 48.8 Å². The van der Waals surface area contributed by atoms with E-state index in [9.17, 15) is 0 Å². The number of aromatic nitrogens is 6. The van der Waals surface area contributed by atoms with Crippen LogP contribution in [0.4, 0.5) is 17.6 Å². The molecule has 3 N–H and O–H groups in total. The van der Waals surface area contributed by atoms with Crippen molar-refractivity contribution in [1.82, 2.24) is 29.5 Å². The maximum Gasteiger partial charge on any atom is 0.229 e. The first-order valence-corrected chi connectivity index (χ1v) is 8.44. The van der Waals surface area contributed by atoms with Crippen LogP contribution in [0.2, 0.25) is 0 Å². The van der Waals surface area contributed by atoms with Crippen LogP contribution in [0.3, 0.4) is 0 Å². The maximum atomic E-state index is 5.74. The van der Waals surface area contributed by atoms with Crippen molar-refractivity contribution < 1.29 is 0 Å². The second-order valence-corrected chi connectivity index (χ2v) is 6.23. The largest absolute Gasteiger partial charge is 0.368 e. The minimum atomic E-state index is 0.231. The van der Waals surface area contributed by atoms with Gasteiger partial charge in [-0.3, -0.25) is 0 Å². The molecule has 0 atom stereocenters. The molecule has 0 saturated heterocycles. The molecule has 3 aromatic heterocycles. The Kier molecular flexibility index (Phi) is 3.27. The predicted molar refractivity (Wildman–Crippen MR) is 98.8 cm³/mol. The summed E-state index contributed by atoms with van der Waals surface area (Å²) in [5.74, 6) is 1.52. The first-order valence-electron chi connectivity index (χ1n) is 8.44. The molecule has 4 aromatic rings. The van der Waals surface area contributed by atoms with Crippen LogP contribution in [-0.4, -0.2) is 29.5 Å². The van der Waals surface area contributed by atoms with Gasteiger partial charge < -0.3 is 15.6 Å². The molecule has 1 saturated carbocycles. The molecule has 128 valence electrons. The van der Waals surface area contributed by atoms with Gasteiger partial charge in [0, 0.05) is 17.9 Å². The summed E-state index contributed by atoms with van der Waals surface area (Å²) in [5.41, 5.74) is 8.92. The fraction of sp³-hybridized carbons (Fsp3) is 0.167. The second-order valence-electron chi connectivity index (χ2n) is 6.23. The van der Waals surface area contributed by atoms with Crippen molar-refractivity contribution in [3.63, 3.8) is 0 Å². The number of rotatable bonds is 4. The molecule has 1 aliphatic carbocycles. The molecule has 0 unspecified atom stereocenters. The summed E-state index contributed by atoms with van der Waals surface area (Å²) < 4.78 is 2.13. The van der Waals surface area contributed by atoms with Gasteiger partial charge in [-0.2, -0.15) is 4.98 Å². The van der Waals surface area contributed by atoms with E-state index in [0.29, 0.717) is 17.7 Å². The smallest absolute Gasteiger partial charge is 0.229 e.